The number of benzene rings is 2. The molecule has 0 spiro atoms. The Balaban J connectivity index is 1.78. The number of amides is 1. The van der Waals surface area contributed by atoms with Gasteiger partial charge in [0.25, 0.3) is 5.24 Å². The molecule has 1 atom stereocenters. The van der Waals surface area contributed by atoms with Crippen LogP contribution in [0.3, 0.4) is 0 Å². The van der Waals surface area contributed by atoms with E-state index >= 15 is 0 Å². The highest BCUT2D eigenvalue weighted by atomic mass is 79.9. The van der Waals surface area contributed by atoms with E-state index < -0.39 is 6.04 Å². The molecule has 1 amide bonds. The van der Waals surface area contributed by atoms with Crippen LogP contribution in [0, 0.1) is 0 Å². The minimum Gasteiger partial charge on any atom is -0.343 e. The SMILES string of the molecule is CN1C(=O)SC(=O)C1c1cccc2c1ccn2Cc1ccccc1Br. The second-order valence-electron chi connectivity index (χ2n) is 6.02. The molecule has 2 heterocycles. The van der Waals surface area contributed by atoms with Crippen LogP contribution in [0.25, 0.3) is 10.9 Å². The van der Waals surface area contributed by atoms with E-state index in [4.69, 9.17) is 0 Å². The molecule has 4 rings (SSSR count). The van der Waals surface area contributed by atoms with Crippen LogP contribution < -0.4 is 0 Å². The van der Waals surface area contributed by atoms with Gasteiger partial charge in [-0.15, -0.1) is 0 Å². The van der Waals surface area contributed by atoms with Gasteiger partial charge in [-0.1, -0.05) is 46.3 Å². The lowest BCUT2D eigenvalue weighted by molar-refractivity contribution is -0.113. The second kappa shape index (κ2) is 6.35. The molecule has 25 heavy (non-hydrogen) atoms. The normalized spacial score (nSPS) is 17.7. The van der Waals surface area contributed by atoms with Gasteiger partial charge < -0.3 is 9.47 Å². The fraction of sp³-hybridized carbons (Fsp3) is 0.158. The lowest BCUT2D eigenvalue weighted by Gasteiger charge is -2.18. The molecular formula is C19H15BrN2O2S. The molecular weight excluding hydrogens is 400 g/mol. The number of hydrogen-bond donors (Lipinski definition) is 0. The summed E-state index contributed by atoms with van der Waals surface area (Å²) in [4.78, 5) is 25.6. The molecule has 126 valence electrons. The standard InChI is InChI=1S/C19H15BrN2O2S/c1-21-17(18(23)25-19(21)24)14-6-4-8-16-13(14)9-10-22(16)11-12-5-2-3-7-15(12)20/h2-10,17H,11H2,1H3. The Bertz CT molecular complexity index is 998. The number of fused-ring (bicyclic) bond motifs is 1. The van der Waals surface area contributed by atoms with Gasteiger partial charge in [0, 0.05) is 46.9 Å². The number of halogens is 1. The van der Waals surface area contributed by atoms with Crippen molar-refractivity contribution in [1.82, 2.24) is 9.47 Å². The number of carbonyl (C=O) groups excluding carboxylic acids is 2. The first-order valence-electron chi connectivity index (χ1n) is 7.86. The molecule has 1 aromatic heterocycles. The minimum absolute atomic E-state index is 0.112. The third-order valence-electron chi connectivity index (χ3n) is 4.53. The summed E-state index contributed by atoms with van der Waals surface area (Å²) in [5.74, 6) is 0. The number of nitrogens with zero attached hydrogens (tertiary/aromatic N) is 2. The lowest BCUT2D eigenvalue weighted by Crippen LogP contribution is -2.23. The van der Waals surface area contributed by atoms with Gasteiger partial charge in [-0.3, -0.25) is 9.59 Å². The highest BCUT2D eigenvalue weighted by Gasteiger charge is 2.39. The van der Waals surface area contributed by atoms with Crippen LogP contribution in [0.1, 0.15) is 17.2 Å². The van der Waals surface area contributed by atoms with Crippen LogP contribution in [-0.4, -0.2) is 26.9 Å². The van der Waals surface area contributed by atoms with Crippen molar-refractivity contribution in [3.8, 4) is 0 Å². The predicted octanol–water partition coefficient (Wildman–Crippen LogP) is 4.82. The maximum absolute atomic E-state index is 12.3. The van der Waals surface area contributed by atoms with Gasteiger partial charge >= 0.3 is 0 Å². The maximum atomic E-state index is 12.3. The molecule has 0 saturated carbocycles. The third-order valence-corrected chi connectivity index (χ3v) is 6.19. The molecule has 1 aliphatic rings. The van der Waals surface area contributed by atoms with Gasteiger partial charge in [0.15, 0.2) is 0 Å². The summed E-state index contributed by atoms with van der Waals surface area (Å²) in [5, 5.41) is 0.702. The van der Waals surface area contributed by atoms with Crippen LogP contribution in [0.15, 0.2) is 59.2 Å². The molecule has 0 aliphatic carbocycles. The Morgan fingerprint density at radius 2 is 1.88 bits per heavy atom. The Hall–Kier alpha value is -2.05. The highest BCUT2D eigenvalue weighted by molar-refractivity contribution is 9.10. The lowest BCUT2D eigenvalue weighted by atomic mass is 10.0. The van der Waals surface area contributed by atoms with Crippen LogP contribution in [0.2, 0.25) is 0 Å². The van der Waals surface area contributed by atoms with Gasteiger partial charge in [-0.25, -0.2) is 0 Å². The van der Waals surface area contributed by atoms with Gasteiger partial charge in [-0.05, 0) is 29.3 Å². The predicted molar refractivity (Wildman–Crippen MR) is 104 cm³/mol. The zero-order valence-corrected chi connectivity index (χ0v) is 15.9. The van der Waals surface area contributed by atoms with E-state index in [0.717, 1.165) is 39.2 Å². The van der Waals surface area contributed by atoms with Gasteiger partial charge in [0.1, 0.15) is 6.04 Å². The van der Waals surface area contributed by atoms with Gasteiger partial charge in [-0.2, -0.15) is 0 Å². The highest BCUT2D eigenvalue weighted by Crippen LogP contribution is 2.38. The van der Waals surface area contributed by atoms with Crippen LogP contribution >= 0.6 is 27.7 Å². The van der Waals surface area contributed by atoms with Crippen molar-refractivity contribution in [3.05, 3.63) is 70.3 Å². The Morgan fingerprint density at radius 1 is 1.08 bits per heavy atom. The quantitative estimate of drug-likeness (QED) is 0.616. The van der Waals surface area contributed by atoms with E-state index in [9.17, 15) is 9.59 Å². The van der Waals surface area contributed by atoms with Gasteiger partial charge in [0.05, 0.1) is 0 Å². The molecule has 6 heteroatoms. The largest absolute Gasteiger partial charge is 0.343 e. The molecule has 0 N–H and O–H groups in total. The zero-order valence-electron chi connectivity index (χ0n) is 13.5. The summed E-state index contributed by atoms with van der Waals surface area (Å²) < 4.78 is 3.23. The third kappa shape index (κ3) is 2.79. The van der Waals surface area contributed by atoms with E-state index in [1.165, 1.54) is 10.5 Å². The topological polar surface area (TPSA) is 42.3 Å². The van der Waals surface area contributed by atoms with E-state index in [0.29, 0.717) is 0 Å². The number of rotatable bonds is 3. The Kier molecular flexibility index (Phi) is 4.17. The van der Waals surface area contributed by atoms with Crippen molar-refractivity contribution < 1.29 is 9.59 Å². The van der Waals surface area contributed by atoms with Crippen molar-refractivity contribution in [2.24, 2.45) is 0 Å². The molecule has 1 aliphatic heterocycles. The van der Waals surface area contributed by atoms with Gasteiger partial charge in [0.2, 0.25) is 5.12 Å². The summed E-state index contributed by atoms with van der Waals surface area (Å²) in [5.41, 5.74) is 3.12. The molecule has 1 fully saturated rings. The first-order chi connectivity index (χ1) is 12.1. The fourth-order valence-electron chi connectivity index (χ4n) is 3.25. The number of thioether (sulfide) groups is 1. The smallest absolute Gasteiger partial charge is 0.289 e. The summed E-state index contributed by atoms with van der Waals surface area (Å²) >= 11 is 4.38. The van der Waals surface area contributed by atoms with E-state index in [2.05, 4.69) is 26.6 Å². The summed E-state index contributed by atoms with van der Waals surface area (Å²) in [6.07, 6.45) is 2.03. The summed E-state index contributed by atoms with van der Waals surface area (Å²) in [6.45, 7) is 0.733. The van der Waals surface area contributed by atoms with Crippen molar-refractivity contribution in [2.75, 3.05) is 7.05 Å². The molecule has 0 radical (unpaired) electrons. The molecule has 1 unspecified atom stereocenters. The van der Waals surface area contributed by atoms with Crippen LogP contribution in [0.5, 0.6) is 0 Å². The summed E-state index contributed by atoms with van der Waals surface area (Å²) in [7, 11) is 1.68. The fourth-order valence-corrected chi connectivity index (χ4v) is 4.48. The monoisotopic (exact) mass is 414 g/mol. The Labute approximate surface area is 157 Å². The number of carbonyl (C=O) groups is 2. The van der Waals surface area contributed by atoms with Crippen molar-refractivity contribution in [1.29, 1.82) is 0 Å². The second-order valence-corrected chi connectivity index (χ2v) is 7.83. The average Bonchev–Trinajstić information content (AvgIpc) is 3.11. The van der Waals surface area contributed by atoms with Crippen LogP contribution in [0.4, 0.5) is 4.79 Å². The minimum atomic E-state index is -0.513. The molecule has 4 nitrogen and oxygen atoms in total. The van der Waals surface area contributed by atoms with Crippen molar-refractivity contribution in [2.45, 2.75) is 12.6 Å². The first kappa shape index (κ1) is 16.4. The van der Waals surface area contributed by atoms with Crippen LogP contribution in [-0.2, 0) is 11.3 Å². The number of likely N-dealkylation sites (N-methyl/N-ethyl adjacent to an activating group) is 1. The molecule has 3 aromatic rings. The van der Waals surface area contributed by atoms with E-state index in [1.54, 1.807) is 7.05 Å². The summed E-state index contributed by atoms with van der Waals surface area (Å²) in [6, 6.07) is 15.6. The molecule has 1 saturated heterocycles. The maximum Gasteiger partial charge on any atom is 0.289 e. The Morgan fingerprint density at radius 3 is 2.60 bits per heavy atom. The van der Waals surface area contributed by atoms with E-state index in [1.807, 2.05) is 48.7 Å². The first-order valence-corrected chi connectivity index (χ1v) is 9.47. The van der Waals surface area contributed by atoms with Crippen molar-refractivity contribution in [3.63, 3.8) is 0 Å². The average molecular weight is 415 g/mol. The number of aromatic nitrogens is 1. The van der Waals surface area contributed by atoms with E-state index in [-0.39, 0.29) is 10.4 Å². The van der Waals surface area contributed by atoms with Crippen molar-refractivity contribution >= 4 is 48.9 Å². The number of hydrogen-bond acceptors (Lipinski definition) is 3. The molecule has 2 aromatic carbocycles. The molecule has 0 bridgehead atoms. The zero-order chi connectivity index (χ0) is 17.6.